The topological polar surface area (TPSA) is 65.3 Å². The largest absolute Gasteiger partial charge is 0.497 e. The molecule has 2 aromatic carbocycles. The summed E-state index contributed by atoms with van der Waals surface area (Å²) in [6, 6.07) is 12.3. The lowest BCUT2D eigenvalue weighted by Gasteiger charge is -2.07. The van der Waals surface area contributed by atoms with Crippen LogP contribution in [0.1, 0.15) is 10.4 Å². The number of imidazole rings is 1. The number of carbonyl (C=O) groups excluding carboxylic acids is 1. The van der Waals surface area contributed by atoms with Crippen molar-refractivity contribution in [3.63, 3.8) is 0 Å². The van der Waals surface area contributed by atoms with Gasteiger partial charge in [0.25, 0.3) is 5.91 Å². The van der Waals surface area contributed by atoms with Gasteiger partial charge in [-0.25, -0.2) is 4.79 Å². The molecule has 0 bridgehead atoms. The van der Waals surface area contributed by atoms with E-state index in [1.807, 2.05) is 6.07 Å². The molecule has 1 N–H and O–H groups in total. The first kappa shape index (κ1) is 14.9. The van der Waals surface area contributed by atoms with Crippen LogP contribution in [0, 0.1) is 0 Å². The van der Waals surface area contributed by atoms with Crippen LogP contribution in [-0.2, 0) is 14.1 Å². The average molecular weight is 311 g/mol. The lowest BCUT2D eigenvalue weighted by molar-refractivity contribution is 0.102. The van der Waals surface area contributed by atoms with Gasteiger partial charge in [0.2, 0.25) is 0 Å². The van der Waals surface area contributed by atoms with E-state index in [2.05, 4.69) is 5.32 Å². The molecule has 6 nitrogen and oxygen atoms in total. The van der Waals surface area contributed by atoms with Crippen LogP contribution in [0.25, 0.3) is 11.0 Å². The highest BCUT2D eigenvalue weighted by Gasteiger charge is 2.10. The summed E-state index contributed by atoms with van der Waals surface area (Å²) in [5.74, 6) is 0.482. The van der Waals surface area contributed by atoms with Gasteiger partial charge in [-0.15, -0.1) is 0 Å². The Bertz CT molecular complexity index is 936. The van der Waals surface area contributed by atoms with E-state index >= 15 is 0 Å². The van der Waals surface area contributed by atoms with E-state index < -0.39 is 0 Å². The van der Waals surface area contributed by atoms with E-state index in [1.165, 1.54) is 0 Å². The molecule has 6 heteroatoms. The molecule has 0 aliphatic rings. The number of anilines is 1. The SMILES string of the molecule is COc1ccc(C(=O)Nc2ccc3c(c2)n(C)c(=O)n3C)cc1. The number of benzene rings is 2. The Balaban J connectivity index is 1.90. The summed E-state index contributed by atoms with van der Waals surface area (Å²) in [4.78, 5) is 24.2. The molecule has 0 spiro atoms. The minimum Gasteiger partial charge on any atom is -0.497 e. The molecule has 0 radical (unpaired) electrons. The summed E-state index contributed by atoms with van der Waals surface area (Å²) in [5, 5.41) is 2.84. The normalized spacial score (nSPS) is 10.7. The van der Waals surface area contributed by atoms with E-state index in [9.17, 15) is 9.59 Å². The number of fused-ring (bicyclic) bond motifs is 1. The lowest BCUT2D eigenvalue weighted by atomic mass is 10.2. The number of rotatable bonds is 3. The lowest BCUT2D eigenvalue weighted by Crippen LogP contribution is -2.19. The van der Waals surface area contributed by atoms with Gasteiger partial charge in [0.05, 0.1) is 18.1 Å². The van der Waals surface area contributed by atoms with Crippen molar-refractivity contribution in [3.8, 4) is 5.75 Å². The zero-order valence-corrected chi connectivity index (χ0v) is 13.2. The van der Waals surface area contributed by atoms with Crippen LogP contribution >= 0.6 is 0 Å². The molecule has 1 aromatic heterocycles. The fourth-order valence-corrected chi connectivity index (χ4v) is 2.53. The molecule has 3 aromatic rings. The number of aryl methyl sites for hydroxylation is 2. The highest BCUT2D eigenvalue weighted by atomic mass is 16.5. The zero-order chi connectivity index (χ0) is 16.6. The number of amides is 1. The second-order valence-corrected chi connectivity index (χ2v) is 5.29. The summed E-state index contributed by atoms with van der Waals surface area (Å²) in [6.07, 6.45) is 0. The van der Waals surface area contributed by atoms with E-state index in [-0.39, 0.29) is 11.6 Å². The highest BCUT2D eigenvalue weighted by molar-refractivity contribution is 6.05. The third kappa shape index (κ3) is 2.59. The van der Waals surface area contributed by atoms with Crippen LogP contribution in [-0.4, -0.2) is 22.2 Å². The summed E-state index contributed by atoms with van der Waals surface area (Å²) in [5.41, 5.74) is 2.66. The van der Waals surface area contributed by atoms with Crippen molar-refractivity contribution in [2.75, 3.05) is 12.4 Å². The standard InChI is InChI=1S/C17H17N3O3/c1-19-14-9-6-12(10-15(14)20(2)17(19)22)18-16(21)11-4-7-13(23-3)8-5-11/h4-10H,1-3H3,(H,18,21). The summed E-state index contributed by atoms with van der Waals surface area (Å²) in [6.45, 7) is 0. The first-order chi connectivity index (χ1) is 11.0. The second-order valence-electron chi connectivity index (χ2n) is 5.29. The fraction of sp³-hybridized carbons (Fsp3) is 0.176. The summed E-state index contributed by atoms with van der Waals surface area (Å²) >= 11 is 0. The zero-order valence-electron chi connectivity index (χ0n) is 13.2. The van der Waals surface area contributed by atoms with Gasteiger partial charge in [0, 0.05) is 25.3 Å². The Morgan fingerprint density at radius 3 is 2.30 bits per heavy atom. The summed E-state index contributed by atoms with van der Waals surface area (Å²) < 4.78 is 8.20. The van der Waals surface area contributed by atoms with Gasteiger partial charge in [-0.05, 0) is 42.5 Å². The van der Waals surface area contributed by atoms with Gasteiger partial charge < -0.3 is 10.1 Å². The minimum atomic E-state index is -0.215. The molecule has 0 saturated heterocycles. The number of aromatic nitrogens is 2. The van der Waals surface area contributed by atoms with Crippen LogP contribution in [0.2, 0.25) is 0 Å². The van der Waals surface area contributed by atoms with Gasteiger partial charge in [0.1, 0.15) is 5.75 Å². The number of methoxy groups -OCH3 is 1. The first-order valence-corrected chi connectivity index (χ1v) is 7.12. The van der Waals surface area contributed by atoms with Gasteiger partial charge >= 0.3 is 5.69 Å². The highest BCUT2D eigenvalue weighted by Crippen LogP contribution is 2.19. The summed E-state index contributed by atoms with van der Waals surface area (Å²) in [7, 11) is 5.01. The Kier molecular flexibility index (Phi) is 3.65. The van der Waals surface area contributed by atoms with Gasteiger partial charge in [-0.3, -0.25) is 13.9 Å². The molecule has 0 unspecified atom stereocenters. The number of hydrogen-bond donors (Lipinski definition) is 1. The second kappa shape index (κ2) is 5.64. The monoisotopic (exact) mass is 311 g/mol. The molecule has 0 saturated carbocycles. The van der Waals surface area contributed by atoms with E-state index in [1.54, 1.807) is 66.7 Å². The maximum Gasteiger partial charge on any atom is 0.328 e. The van der Waals surface area contributed by atoms with Crippen molar-refractivity contribution in [1.29, 1.82) is 0 Å². The number of hydrogen-bond acceptors (Lipinski definition) is 3. The Labute approximate surface area is 132 Å². The molecule has 0 atom stereocenters. The smallest absolute Gasteiger partial charge is 0.328 e. The minimum absolute atomic E-state index is 0.0985. The molecule has 118 valence electrons. The van der Waals surface area contributed by atoms with E-state index in [0.717, 1.165) is 11.0 Å². The Hall–Kier alpha value is -3.02. The maximum atomic E-state index is 12.3. The number of ether oxygens (including phenoxy) is 1. The van der Waals surface area contributed by atoms with E-state index in [0.29, 0.717) is 17.0 Å². The number of nitrogens with one attached hydrogen (secondary N) is 1. The van der Waals surface area contributed by atoms with Crippen LogP contribution < -0.4 is 15.7 Å². The van der Waals surface area contributed by atoms with Crippen LogP contribution in [0.3, 0.4) is 0 Å². The molecule has 3 rings (SSSR count). The molecule has 0 aliphatic carbocycles. The third-order valence-corrected chi connectivity index (χ3v) is 3.88. The fourth-order valence-electron chi connectivity index (χ4n) is 2.53. The number of carbonyl (C=O) groups is 1. The first-order valence-electron chi connectivity index (χ1n) is 7.12. The van der Waals surface area contributed by atoms with Crippen molar-refractivity contribution in [2.24, 2.45) is 14.1 Å². The Morgan fingerprint density at radius 1 is 1.00 bits per heavy atom. The van der Waals surface area contributed by atoms with Gasteiger partial charge in [0.15, 0.2) is 0 Å². The van der Waals surface area contributed by atoms with Crippen molar-refractivity contribution in [1.82, 2.24) is 9.13 Å². The molecular weight excluding hydrogens is 294 g/mol. The third-order valence-electron chi connectivity index (χ3n) is 3.88. The van der Waals surface area contributed by atoms with E-state index in [4.69, 9.17) is 4.74 Å². The molecular formula is C17H17N3O3. The molecule has 1 heterocycles. The van der Waals surface area contributed by atoms with Crippen LogP contribution in [0.4, 0.5) is 5.69 Å². The molecule has 1 amide bonds. The van der Waals surface area contributed by atoms with Crippen molar-refractivity contribution >= 4 is 22.6 Å². The molecule has 0 fully saturated rings. The maximum absolute atomic E-state index is 12.3. The predicted octanol–water partition coefficient (Wildman–Crippen LogP) is 2.14. The van der Waals surface area contributed by atoms with Crippen molar-refractivity contribution in [3.05, 3.63) is 58.5 Å². The van der Waals surface area contributed by atoms with Crippen LogP contribution in [0.5, 0.6) is 5.75 Å². The van der Waals surface area contributed by atoms with Crippen molar-refractivity contribution in [2.45, 2.75) is 0 Å². The predicted molar refractivity (Wildman–Crippen MR) is 89.1 cm³/mol. The molecule has 23 heavy (non-hydrogen) atoms. The average Bonchev–Trinajstić information content (AvgIpc) is 2.79. The van der Waals surface area contributed by atoms with Gasteiger partial charge in [-0.1, -0.05) is 0 Å². The van der Waals surface area contributed by atoms with Gasteiger partial charge in [-0.2, -0.15) is 0 Å². The number of nitrogens with zero attached hydrogens (tertiary/aromatic N) is 2. The molecule has 0 aliphatic heterocycles. The Morgan fingerprint density at radius 2 is 1.65 bits per heavy atom. The quantitative estimate of drug-likeness (QED) is 0.806. The van der Waals surface area contributed by atoms with Crippen LogP contribution in [0.15, 0.2) is 47.3 Å². The van der Waals surface area contributed by atoms with Crippen molar-refractivity contribution < 1.29 is 9.53 Å².